The molecule has 0 spiro atoms. The molecule has 0 saturated heterocycles. The second-order valence-corrected chi connectivity index (χ2v) is 3.17. The maximum atomic E-state index is 2.42. The van der Waals surface area contributed by atoms with Crippen molar-refractivity contribution in [2.45, 2.75) is 26.7 Å². The van der Waals surface area contributed by atoms with Gasteiger partial charge < -0.3 is 0 Å². The van der Waals surface area contributed by atoms with Gasteiger partial charge in [0.15, 0.2) is 0 Å². The van der Waals surface area contributed by atoms with Crippen LogP contribution >= 0.6 is 0 Å². The van der Waals surface area contributed by atoms with E-state index in [-0.39, 0.29) is 0 Å². The van der Waals surface area contributed by atoms with Crippen LogP contribution in [0.2, 0.25) is 0 Å². The summed E-state index contributed by atoms with van der Waals surface area (Å²) in [6.45, 7) is 4.57. The standard InChI is InChI=1S/C8H12/c1-3-8-5-7(8)4-6(8)2/h4,7H,3,5H2,1-2H3. The average molecular weight is 108 g/mol. The summed E-state index contributed by atoms with van der Waals surface area (Å²) in [5.74, 6) is 1.01. The second kappa shape index (κ2) is 1.02. The van der Waals surface area contributed by atoms with E-state index in [4.69, 9.17) is 0 Å². The van der Waals surface area contributed by atoms with E-state index in [9.17, 15) is 0 Å². The number of fused-ring (bicyclic) bond motifs is 1. The molecule has 0 aromatic heterocycles. The number of hydrogen-bond donors (Lipinski definition) is 0. The molecule has 0 aromatic rings. The Hall–Kier alpha value is -0.260. The topological polar surface area (TPSA) is 0 Å². The summed E-state index contributed by atoms with van der Waals surface area (Å²) < 4.78 is 0. The third-order valence-corrected chi connectivity index (χ3v) is 3.00. The molecule has 0 aromatic carbocycles. The van der Waals surface area contributed by atoms with Crippen LogP contribution in [0.4, 0.5) is 0 Å². The van der Waals surface area contributed by atoms with Crippen molar-refractivity contribution in [2.75, 3.05) is 0 Å². The lowest BCUT2D eigenvalue weighted by Crippen LogP contribution is -2.11. The van der Waals surface area contributed by atoms with Crippen molar-refractivity contribution >= 4 is 0 Å². The van der Waals surface area contributed by atoms with E-state index in [0.717, 1.165) is 11.3 Å². The van der Waals surface area contributed by atoms with Gasteiger partial charge in [0.1, 0.15) is 0 Å². The lowest BCUT2D eigenvalue weighted by atomic mass is 9.83. The van der Waals surface area contributed by atoms with Crippen molar-refractivity contribution in [1.29, 1.82) is 0 Å². The first-order valence-corrected chi connectivity index (χ1v) is 3.48. The molecule has 2 aliphatic carbocycles. The van der Waals surface area contributed by atoms with Crippen LogP contribution in [0.5, 0.6) is 0 Å². The smallest absolute Gasteiger partial charge is 0.00243 e. The Balaban J connectivity index is 2.24. The molecule has 0 N–H and O–H groups in total. The van der Waals surface area contributed by atoms with Gasteiger partial charge in [-0.3, -0.25) is 0 Å². The zero-order chi connectivity index (χ0) is 5.78. The molecule has 0 amide bonds. The van der Waals surface area contributed by atoms with Crippen molar-refractivity contribution in [3.63, 3.8) is 0 Å². The van der Waals surface area contributed by atoms with E-state index in [0.29, 0.717) is 0 Å². The largest absolute Gasteiger partial charge is 0.0810 e. The van der Waals surface area contributed by atoms with E-state index < -0.39 is 0 Å². The summed E-state index contributed by atoms with van der Waals surface area (Å²) in [5.41, 5.74) is 2.41. The van der Waals surface area contributed by atoms with Gasteiger partial charge in [0.05, 0.1) is 0 Å². The molecular formula is C8H12. The van der Waals surface area contributed by atoms with Gasteiger partial charge in [0.25, 0.3) is 0 Å². The van der Waals surface area contributed by atoms with Gasteiger partial charge in [0.2, 0.25) is 0 Å². The van der Waals surface area contributed by atoms with Crippen molar-refractivity contribution in [2.24, 2.45) is 11.3 Å². The third kappa shape index (κ3) is 0.273. The van der Waals surface area contributed by atoms with Gasteiger partial charge in [-0.25, -0.2) is 0 Å². The van der Waals surface area contributed by atoms with Crippen LogP contribution in [0.25, 0.3) is 0 Å². The number of hydrogen-bond acceptors (Lipinski definition) is 0. The second-order valence-electron chi connectivity index (χ2n) is 3.17. The molecule has 1 fully saturated rings. The zero-order valence-corrected chi connectivity index (χ0v) is 5.57. The highest BCUT2D eigenvalue weighted by molar-refractivity contribution is 5.38. The highest BCUT2D eigenvalue weighted by Crippen LogP contribution is 2.68. The van der Waals surface area contributed by atoms with Gasteiger partial charge in [-0.1, -0.05) is 18.6 Å². The average Bonchev–Trinajstić information content (AvgIpc) is 2.36. The Labute approximate surface area is 50.6 Å². The molecule has 2 aliphatic rings. The van der Waals surface area contributed by atoms with Crippen LogP contribution in [0.15, 0.2) is 11.6 Å². The Bertz CT molecular complexity index is 155. The fraction of sp³-hybridized carbons (Fsp3) is 0.750. The molecule has 8 heavy (non-hydrogen) atoms. The number of rotatable bonds is 1. The predicted molar refractivity (Wildman–Crippen MR) is 34.6 cm³/mol. The Morgan fingerprint density at radius 1 is 1.88 bits per heavy atom. The quantitative estimate of drug-likeness (QED) is 0.452. The first-order chi connectivity index (χ1) is 3.79. The lowest BCUT2D eigenvalue weighted by Gasteiger charge is -2.22. The minimum atomic E-state index is 0.750. The van der Waals surface area contributed by atoms with E-state index in [2.05, 4.69) is 19.9 Å². The van der Waals surface area contributed by atoms with Crippen LogP contribution in [-0.4, -0.2) is 0 Å². The van der Waals surface area contributed by atoms with Crippen molar-refractivity contribution in [3.05, 3.63) is 11.6 Å². The van der Waals surface area contributed by atoms with E-state index in [1.165, 1.54) is 12.8 Å². The SMILES string of the molecule is CCC12CC1C=C2C. The van der Waals surface area contributed by atoms with E-state index in [1.54, 1.807) is 5.57 Å². The fourth-order valence-electron chi connectivity index (χ4n) is 2.06. The monoisotopic (exact) mass is 108 g/mol. The molecule has 2 unspecified atom stereocenters. The maximum Gasteiger partial charge on any atom is -0.00243 e. The zero-order valence-electron chi connectivity index (χ0n) is 5.57. The summed E-state index contributed by atoms with van der Waals surface area (Å²) in [7, 11) is 0. The van der Waals surface area contributed by atoms with Gasteiger partial charge in [0, 0.05) is 0 Å². The molecule has 0 aliphatic heterocycles. The molecule has 2 rings (SSSR count). The molecule has 0 nitrogen and oxygen atoms in total. The summed E-state index contributed by atoms with van der Waals surface area (Å²) in [4.78, 5) is 0. The first-order valence-electron chi connectivity index (χ1n) is 3.48. The Kier molecular flexibility index (Phi) is 0.588. The van der Waals surface area contributed by atoms with Gasteiger partial charge in [-0.05, 0) is 31.1 Å². The van der Waals surface area contributed by atoms with E-state index >= 15 is 0 Å². The molecular weight excluding hydrogens is 96.1 g/mol. The Morgan fingerprint density at radius 3 is 2.75 bits per heavy atom. The van der Waals surface area contributed by atoms with Gasteiger partial charge in [-0.15, -0.1) is 0 Å². The molecule has 0 heterocycles. The summed E-state index contributed by atoms with van der Waals surface area (Å²) >= 11 is 0. The molecule has 0 radical (unpaired) electrons. The van der Waals surface area contributed by atoms with Crippen LogP contribution in [0.3, 0.4) is 0 Å². The molecule has 44 valence electrons. The van der Waals surface area contributed by atoms with Crippen LogP contribution in [0.1, 0.15) is 26.7 Å². The Morgan fingerprint density at radius 2 is 2.62 bits per heavy atom. The third-order valence-electron chi connectivity index (χ3n) is 3.00. The van der Waals surface area contributed by atoms with Gasteiger partial charge in [-0.2, -0.15) is 0 Å². The van der Waals surface area contributed by atoms with Crippen molar-refractivity contribution < 1.29 is 0 Å². The normalized spacial score (nSPS) is 49.2. The van der Waals surface area contributed by atoms with Gasteiger partial charge >= 0.3 is 0 Å². The lowest BCUT2D eigenvalue weighted by molar-refractivity contribution is 0.505. The number of allylic oxidation sites excluding steroid dienone is 2. The molecule has 1 saturated carbocycles. The summed E-state index contributed by atoms with van der Waals surface area (Å²) in [6, 6.07) is 0. The minimum absolute atomic E-state index is 0.750. The summed E-state index contributed by atoms with van der Waals surface area (Å²) in [6.07, 6.45) is 5.26. The van der Waals surface area contributed by atoms with Crippen molar-refractivity contribution in [1.82, 2.24) is 0 Å². The fourth-order valence-corrected chi connectivity index (χ4v) is 2.06. The maximum absolute atomic E-state index is 2.42. The molecule has 2 atom stereocenters. The van der Waals surface area contributed by atoms with Crippen LogP contribution in [-0.2, 0) is 0 Å². The molecule has 0 bridgehead atoms. The van der Waals surface area contributed by atoms with Crippen LogP contribution < -0.4 is 0 Å². The molecule has 0 heteroatoms. The summed E-state index contributed by atoms with van der Waals surface area (Å²) in [5, 5.41) is 0. The predicted octanol–water partition coefficient (Wildman–Crippen LogP) is 2.36. The first kappa shape index (κ1) is 4.60. The van der Waals surface area contributed by atoms with Crippen LogP contribution in [0, 0.1) is 11.3 Å². The highest BCUT2D eigenvalue weighted by Gasteiger charge is 2.58. The van der Waals surface area contributed by atoms with E-state index in [1.807, 2.05) is 0 Å². The van der Waals surface area contributed by atoms with Crippen molar-refractivity contribution in [3.8, 4) is 0 Å². The highest BCUT2D eigenvalue weighted by atomic mass is 14.6. The minimum Gasteiger partial charge on any atom is -0.0810 e.